The second kappa shape index (κ2) is 8.51. The molecule has 0 bridgehead atoms. The largest absolute Gasteiger partial charge is 0.376 e. The molecule has 1 N–H and O–H groups in total. The number of benzene rings is 2. The lowest BCUT2D eigenvalue weighted by Gasteiger charge is -2.26. The fraction of sp³-hybridized carbons (Fsp3) is 0.350. The van der Waals surface area contributed by atoms with Gasteiger partial charge >= 0.3 is 0 Å². The Labute approximate surface area is 171 Å². The van der Waals surface area contributed by atoms with Gasteiger partial charge in [-0.15, -0.1) is 0 Å². The summed E-state index contributed by atoms with van der Waals surface area (Å²) in [5, 5.41) is 3.29. The van der Waals surface area contributed by atoms with Crippen molar-refractivity contribution in [3.05, 3.63) is 53.1 Å². The van der Waals surface area contributed by atoms with Crippen LogP contribution in [0.2, 0.25) is 5.02 Å². The molecule has 0 spiro atoms. The van der Waals surface area contributed by atoms with Gasteiger partial charge in [-0.05, 0) is 49.2 Å². The first-order valence-electron chi connectivity index (χ1n) is 9.17. The topological polar surface area (TPSA) is 69.7 Å². The normalized spacial score (nSPS) is 15.2. The fourth-order valence-electron chi connectivity index (χ4n) is 3.24. The Hall–Kier alpha value is -2.09. The van der Waals surface area contributed by atoms with Gasteiger partial charge in [0, 0.05) is 37.8 Å². The van der Waals surface area contributed by atoms with Crippen LogP contribution in [-0.2, 0) is 10.0 Å². The molecule has 1 aliphatic rings. The summed E-state index contributed by atoms with van der Waals surface area (Å²) in [6.45, 7) is 1.06. The van der Waals surface area contributed by atoms with Gasteiger partial charge in [-0.3, -0.25) is 4.79 Å². The van der Waals surface area contributed by atoms with Crippen molar-refractivity contribution in [3.8, 4) is 0 Å². The quantitative estimate of drug-likeness (QED) is 0.796. The summed E-state index contributed by atoms with van der Waals surface area (Å²) in [4.78, 5) is 14.7. The van der Waals surface area contributed by atoms with E-state index in [4.69, 9.17) is 11.6 Å². The molecule has 8 heteroatoms. The Morgan fingerprint density at radius 1 is 1.07 bits per heavy atom. The lowest BCUT2D eigenvalue weighted by Crippen LogP contribution is -2.35. The molecule has 6 nitrogen and oxygen atoms in total. The molecule has 1 heterocycles. The summed E-state index contributed by atoms with van der Waals surface area (Å²) in [5.74, 6) is -0.349. The Bertz CT molecular complexity index is 970. The number of rotatable bonds is 5. The van der Waals surface area contributed by atoms with E-state index in [-0.39, 0.29) is 10.8 Å². The highest BCUT2D eigenvalue weighted by molar-refractivity contribution is 7.89. The first-order valence-corrected chi connectivity index (χ1v) is 11.0. The van der Waals surface area contributed by atoms with E-state index in [0.717, 1.165) is 19.3 Å². The number of anilines is 2. The average Bonchev–Trinajstić information content (AvgIpc) is 2.68. The lowest BCUT2D eigenvalue weighted by atomic mass is 10.2. The zero-order chi connectivity index (χ0) is 20.3. The van der Waals surface area contributed by atoms with Crippen molar-refractivity contribution in [1.82, 2.24) is 4.31 Å². The maximum atomic E-state index is 13.0. The smallest absolute Gasteiger partial charge is 0.255 e. The maximum Gasteiger partial charge on any atom is 0.255 e. The summed E-state index contributed by atoms with van der Waals surface area (Å²) >= 11 is 5.97. The molecule has 2 aromatic carbocycles. The predicted molar refractivity (Wildman–Crippen MR) is 113 cm³/mol. The summed E-state index contributed by atoms with van der Waals surface area (Å²) in [7, 11) is 0.0812. The van der Waals surface area contributed by atoms with Crippen LogP contribution < -0.4 is 10.2 Å². The van der Waals surface area contributed by atoms with Gasteiger partial charge in [-0.2, -0.15) is 4.31 Å². The van der Waals surface area contributed by atoms with E-state index in [1.54, 1.807) is 36.4 Å². The summed E-state index contributed by atoms with van der Waals surface area (Å²) in [6, 6.07) is 11.4. The minimum absolute atomic E-state index is 0.182. The van der Waals surface area contributed by atoms with Crippen molar-refractivity contribution in [2.75, 3.05) is 37.4 Å². The first kappa shape index (κ1) is 20.6. The molecule has 1 saturated heterocycles. The highest BCUT2D eigenvalue weighted by Gasteiger charge is 2.27. The highest BCUT2D eigenvalue weighted by Crippen LogP contribution is 2.30. The van der Waals surface area contributed by atoms with Crippen LogP contribution in [0.1, 0.15) is 29.6 Å². The van der Waals surface area contributed by atoms with Crippen LogP contribution >= 0.6 is 11.6 Å². The zero-order valence-electron chi connectivity index (χ0n) is 16.0. The van der Waals surface area contributed by atoms with Crippen molar-refractivity contribution < 1.29 is 13.2 Å². The molecule has 1 aliphatic heterocycles. The second-order valence-corrected chi connectivity index (χ2v) is 9.38. The maximum absolute atomic E-state index is 13.0. The zero-order valence-corrected chi connectivity index (χ0v) is 17.6. The monoisotopic (exact) mass is 421 g/mol. The number of nitrogens with one attached hydrogen (secondary N) is 1. The predicted octanol–water partition coefficient (Wildman–Crippen LogP) is 3.83. The number of sulfonamides is 1. The third kappa shape index (κ3) is 4.48. The van der Waals surface area contributed by atoms with Gasteiger partial charge in [0.15, 0.2) is 0 Å². The van der Waals surface area contributed by atoms with Gasteiger partial charge in [0.2, 0.25) is 10.0 Å². The van der Waals surface area contributed by atoms with Crippen molar-refractivity contribution in [2.24, 2.45) is 0 Å². The molecule has 1 fully saturated rings. The summed E-state index contributed by atoms with van der Waals surface area (Å²) < 4.78 is 27.5. The van der Waals surface area contributed by atoms with E-state index in [9.17, 15) is 13.2 Å². The van der Waals surface area contributed by atoms with E-state index in [1.807, 2.05) is 19.0 Å². The van der Waals surface area contributed by atoms with Crippen LogP contribution in [0, 0.1) is 0 Å². The number of carbonyl (C=O) groups excluding carboxylic acids is 1. The molecular weight excluding hydrogens is 398 g/mol. The van der Waals surface area contributed by atoms with Crippen molar-refractivity contribution in [1.29, 1.82) is 0 Å². The third-order valence-corrected chi connectivity index (χ3v) is 6.87. The lowest BCUT2D eigenvalue weighted by molar-refractivity contribution is 0.102. The minimum atomic E-state index is -3.59. The first-order chi connectivity index (χ1) is 13.3. The van der Waals surface area contributed by atoms with Crippen molar-refractivity contribution in [3.63, 3.8) is 0 Å². The van der Waals surface area contributed by atoms with Gasteiger partial charge in [0.1, 0.15) is 0 Å². The Kier molecular flexibility index (Phi) is 6.27. The van der Waals surface area contributed by atoms with Crippen LogP contribution in [0.5, 0.6) is 0 Å². The molecule has 1 amide bonds. The van der Waals surface area contributed by atoms with E-state index in [2.05, 4.69) is 5.32 Å². The fourth-order valence-corrected chi connectivity index (χ4v) is 4.98. The summed E-state index contributed by atoms with van der Waals surface area (Å²) in [6.07, 6.45) is 2.78. The van der Waals surface area contributed by atoms with Gasteiger partial charge in [0.25, 0.3) is 5.91 Å². The van der Waals surface area contributed by atoms with Crippen LogP contribution in [0.3, 0.4) is 0 Å². The molecule has 0 aliphatic carbocycles. The van der Waals surface area contributed by atoms with E-state index < -0.39 is 10.0 Å². The number of amides is 1. The molecule has 2 aromatic rings. The van der Waals surface area contributed by atoms with Gasteiger partial charge in [-0.25, -0.2) is 8.42 Å². The average molecular weight is 422 g/mol. The third-order valence-electron chi connectivity index (χ3n) is 4.74. The van der Waals surface area contributed by atoms with Gasteiger partial charge < -0.3 is 10.2 Å². The van der Waals surface area contributed by atoms with Crippen LogP contribution in [0.15, 0.2) is 47.4 Å². The number of halogens is 1. The SMILES string of the molecule is CN(C)c1ccc(S(=O)(=O)N2CCCCC2)cc1NC(=O)c1cccc(Cl)c1. The molecule has 150 valence electrons. The molecule has 0 radical (unpaired) electrons. The van der Waals surface area contributed by atoms with E-state index in [0.29, 0.717) is 35.1 Å². The van der Waals surface area contributed by atoms with Crippen molar-refractivity contribution in [2.45, 2.75) is 24.2 Å². The van der Waals surface area contributed by atoms with Crippen LogP contribution in [-0.4, -0.2) is 45.8 Å². The van der Waals surface area contributed by atoms with E-state index in [1.165, 1.54) is 10.4 Å². The number of hydrogen-bond acceptors (Lipinski definition) is 4. The number of piperidine rings is 1. The van der Waals surface area contributed by atoms with Crippen LogP contribution in [0.4, 0.5) is 11.4 Å². The molecule has 0 atom stereocenters. The molecule has 0 saturated carbocycles. The molecule has 0 aromatic heterocycles. The minimum Gasteiger partial charge on any atom is -0.376 e. The van der Waals surface area contributed by atoms with Crippen LogP contribution in [0.25, 0.3) is 0 Å². The number of hydrogen-bond donors (Lipinski definition) is 1. The Morgan fingerprint density at radius 2 is 1.79 bits per heavy atom. The highest BCUT2D eigenvalue weighted by atomic mass is 35.5. The molecule has 0 unspecified atom stereocenters. The Balaban J connectivity index is 1.95. The number of carbonyl (C=O) groups is 1. The van der Waals surface area contributed by atoms with E-state index >= 15 is 0 Å². The molecule has 3 rings (SSSR count). The standard InChI is InChI=1S/C20H24ClN3O3S/c1-23(2)19-10-9-17(28(26,27)24-11-4-3-5-12-24)14-18(19)22-20(25)15-7-6-8-16(21)13-15/h6-10,13-14H,3-5,11-12H2,1-2H3,(H,22,25). The number of nitrogens with zero attached hydrogens (tertiary/aromatic N) is 2. The second-order valence-electron chi connectivity index (χ2n) is 7.00. The summed E-state index contributed by atoms with van der Waals surface area (Å²) in [5.41, 5.74) is 1.56. The Morgan fingerprint density at radius 3 is 2.43 bits per heavy atom. The molecule has 28 heavy (non-hydrogen) atoms. The van der Waals surface area contributed by atoms with Gasteiger partial charge in [-0.1, -0.05) is 24.1 Å². The molecular formula is C20H24ClN3O3S. The van der Waals surface area contributed by atoms with Gasteiger partial charge in [0.05, 0.1) is 16.3 Å². The van der Waals surface area contributed by atoms with Crippen molar-refractivity contribution >= 4 is 38.9 Å².